The summed E-state index contributed by atoms with van der Waals surface area (Å²) in [7, 11) is 0. The summed E-state index contributed by atoms with van der Waals surface area (Å²) >= 11 is 0. The molecule has 1 aliphatic heterocycles. The van der Waals surface area contributed by atoms with Gasteiger partial charge in [0.15, 0.2) is 5.82 Å². The van der Waals surface area contributed by atoms with E-state index in [2.05, 4.69) is 20.8 Å². The monoisotopic (exact) mass is 395 g/mol. The number of carbonyl (C=O) groups is 3. The van der Waals surface area contributed by atoms with Crippen molar-refractivity contribution in [1.29, 1.82) is 0 Å². The minimum atomic E-state index is -0.587. The van der Waals surface area contributed by atoms with Gasteiger partial charge in [-0.1, -0.05) is 6.07 Å². The van der Waals surface area contributed by atoms with Gasteiger partial charge in [0.05, 0.1) is 16.8 Å². The predicted octanol–water partition coefficient (Wildman–Crippen LogP) is 2.65. The highest BCUT2D eigenvalue weighted by molar-refractivity contribution is 6.07. The highest BCUT2D eigenvalue weighted by atomic mass is 19.1. The second-order valence-electron chi connectivity index (χ2n) is 6.86. The Balaban J connectivity index is 1.47. The molecule has 1 aliphatic rings. The van der Waals surface area contributed by atoms with Crippen LogP contribution in [0.4, 0.5) is 21.6 Å². The van der Waals surface area contributed by atoms with E-state index in [1.54, 1.807) is 36.4 Å². The van der Waals surface area contributed by atoms with Crippen LogP contribution in [-0.2, 0) is 14.4 Å². The molecule has 0 radical (unpaired) electrons. The molecule has 0 bridgehead atoms. The molecule has 4 rings (SSSR count). The number of anilines is 3. The summed E-state index contributed by atoms with van der Waals surface area (Å²) in [5, 5.41) is 12.4. The quantitative estimate of drug-likeness (QED) is 0.631. The molecule has 0 spiro atoms. The lowest BCUT2D eigenvalue weighted by molar-refractivity contribution is -0.122. The number of aromatic nitrogens is 2. The first kappa shape index (κ1) is 18.6. The third kappa shape index (κ3) is 3.66. The van der Waals surface area contributed by atoms with Crippen LogP contribution in [-0.4, -0.2) is 34.5 Å². The number of hydrogen-bond acceptors (Lipinski definition) is 4. The zero-order valence-corrected chi connectivity index (χ0v) is 15.5. The maximum atomic E-state index is 14.2. The van der Waals surface area contributed by atoms with Gasteiger partial charge >= 0.3 is 0 Å². The number of carbonyl (C=O) groups excluding carboxylic acids is 3. The fraction of sp³-hybridized carbons (Fsp3) is 0.200. The van der Waals surface area contributed by atoms with Crippen molar-refractivity contribution < 1.29 is 18.8 Å². The number of fused-ring (bicyclic) bond motifs is 1. The van der Waals surface area contributed by atoms with Crippen molar-refractivity contribution >= 4 is 45.8 Å². The van der Waals surface area contributed by atoms with Crippen LogP contribution in [0.3, 0.4) is 0 Å². The first-order valence-electron chi connectivity index (χ1n) is 9.04. The Hall–Kier alpha value is -3.75. The van der Waals surface area contributed by atoms with Crippen LogP contribution < -0.4 is 15.5 Å². The first-order chi connectivity index (χ1) is 13.9. The Morgan fingerprint density at radius 1 is 1.14 bits per heavy atom. The average molecular weight is 395 g/mol. The number of halogens is 1. The van der Waals surface area contributed by atoms with Gasteiger partial charge in [0.25, 0.3) is 0 Å². The Kier molecular flexibility index (Phi) is 4.71. The second kappa shape index (κ2) is 7.34. The van der Waals surface area contributed by atoms with E-state index in [1.165, 1.54) is 17.9 Å². The molecule has 3 amide bonds. The van der Waals surface area contributed by atoms with E-state index in [0.717, 1.165) is 0 Å². The second-order valence-corrected chi connectivity index (χ2v) is 6.86. The molecule has 9 heteroatoms. The summed E-state index contributed by atoms with van der Waals surface area (Å²) in [5.74, 6) is -1.66. The fourth-order valence-corrected chi connectivity index (χ4v) is 3.38. The van der Waals surface area contributed by atoms with Gasteiger partial charge in [0.2, 0.25) is 17.7 Å². The molecule has 0 aliphatic carbocycles. The van der Waals surface area contributed by atoms with E-state index in [4.69, 9.17) is 0 Å². The van der Waals surface area contributed by atoms with Crippen LogP contribution in [0.15, 0.2) is 42.5 Å². The lowest BCUT2D eigenvalue weighted by Gasteiger charge is -2.14. The molecule has 3 N–H and O–H groups in total. The van der Waals surface area contributed by atoms with Crippen molar-refractivity contribution in [3.8, 4) is 0 Å². The Bertz CT molecular complexity index is 1110. The number of hydrogen-bond donors (Lipinski definition) is 3. The molecule has 1 aromatic heterocycles. The summed E-state index contributed by atoms with van der Waals surface area (Å²) in [4.78, 5) is 37.5. The molecule has 3 aromatic rings. The van der Waals surface area contributed by atoms with Crippen LogP contribution in [0, 0.1) is 11.7 Å². The number of nitrogens with zero attached hydrogens (tertiary/aromatic N) is 2. The van der Waals surface area contributed by atoms with Gasteiger partial charge in [0.1, 0.15) is 5.82 Å². The van der Waals surface area contributed by atoms with Gasteiger partial charge in [0, 0.05) is 31.3 Å². The normalized spacial score (nSPS) is 16.3. The maximum absolute atomic E-state index is 14.2. The van der Waals surface area contributed by atoms with Crippen molar-refractivity contribution in [3.63, 3.8) is 0 Å². The molecular weight excluding hydrogens is 377 g/mol. The van der Waals surface area contributed by atoms with Crippen LogP contribution in [0.5, 0.6) is 0 Å². The van der Waals surface area contributed by atoms with Crippen molar-refractivity contribution in [2.24, 2.45) is 5.92 Å². The predicted molar refractivity (Wildman–Crippen MR) is 106 cm³/mol. The largest absolute Gasteiger partial charge is 0.326 e. The van der Waals surface area contributed by atoms with Crippen molar-refractivity contribution in [2.45, 2.75) is 13.3 Å². The zero-order valence-electron chi connectivity index (χ0n) is 15.5. The van der Waals surface area contributed by atoms with Gasteiger partial charge in [-0.2, -0.15) is 5.10 Å². The molecule has 0 saturated carbocycles. The Labute approximate surface area is 165 Å². The lowest BCUT2D eigenvalue weighted by atomic mass is 10.1. The summed E-state index contributed by atoms with van der Waals surface area (Å²) in [5.41, 5.74) is 1.65. The number of amides is 3. The standard InChI is InChI=1S/C20H18FN5O3/c1-11(27)22-13-5-7-14(8-6-13)23-20(29)12-9-17(28)26(10-12)19-18-15(21)3-2-4-16(18)24-25-19/h2-8,12H,9-10H2,1H3,(H,22,27)(H,23,29)(H,24,25)/t12-/m0/s1. The van der Waals surface area contributed by atoms with Crippen LogP contribution >= 0.6 is 0 Å². The number of H-pyrrole nitrogens is 1. The Morgan fingerprint density at radius 3 is 2.52 bits per heavy atom. The van der Waals surface area contributed by atoms with Crippen molar-refractivity contribution in [2.75, 3.05) is 22.1 Å². The van der Waals surface area contributed by atoms with Gasteiger partial charge in [-0.15, -0.1) is 0 Å². The molecule has 2 aromatic carbocycles. The van der Waals surface area contributed by atoms with Gasteiger partial charge < -0.3 is 10.6 Å². The Morgan fingerprint density at radius 2 is 1.83 bits per heavy atom. The van der Waals surface area contributed by atoms with Gasteiger partial charge in [-0.25, -0.2) is 4.39 Å². The van der Waals surface area contributed by atoms with E-state index < -0.39 is 11.7 Å². The van der Waals surface area contributed by atoms with E-state index in [-0.39, 0.29) is 41.9 Å². The number of nitrogens with one attached hydrogen (secondary N) is 3. The number of benzene rings is 2. The van der Waals surface area contributed by atoms with Crippen LogP contribution in [0.1, 0.15) is 13.3 Å². The van der Waals surface area contributed by atoms with Crippen molar-refractivity contribution in [1.82, 2.24) is 10.2 Å². The lowest BCUT2D eigenvalue weighted by Crippen LogP contribution is -2.28. The summed E-state index contributed by atoms with van der Waals surface area (Å²) in [6.07, 6.45) is 0.0125. The maximum Gasteiger partial charge on any atom is 0.229 e. The van der Waals surface area contributed by atoms with Gasteiger partial charge in [-0.05, 0) is 36.4 Å². The highest BCUT2D eigenvalue weighted by Crippen LogP contribution is 2.31. The van der Waals surface area contributed by atoms with Crippen LogP contribution in [0.2, 0.25) is 0 Å². The zero-order chi connectivity index (χ0) is 20.5. The van der Waals surface area contributed by atoms with Crippen LogP contribution in [0.25, 0.3) is 10.9 Å². The van der Waals surface area contributed by atoms with E-state index >= 15 is 0 Å². The third-order valence-electron chi connectivity index (χ3n) is 4.74. The molecule has 8 nitrogen and oxygen atoms in total. The van der Waals surface area contributed by atoms with Crippen molar-refractivity contribution in [3.05, 3.63) is 48.3 Å². The van der Waals surface area contributed by atoms with E-state index in [9.17, 15) is 18.8 Å². The molecule has 148 valence electrons. The molecular formula is C20H18FN5O3. The number of rotatable bonds is 4. The summed E-state index contributed by atoms with van der Waals surface area (Å²) in [6.45, 7) is 1.52. The SMILES string of the molecule is CC(=O)Nc1ccc(NC(=O)[C@H]2CC(=O)N(c3n[nH]c4cccc(F)c34)C2)cc1. The third-order valence-corrected chi connectivity index (χ3v) is 4.74. The van der Waals surface area contributed by atoms with E-state index in [0.29, 0.717) is 16.9 Å². The number of aromatic amines is 1. The minimum absolute atomic E-state index is 0.0125. The first-order valence-corrected chi connectivity index (χ1v) is 9.04. The smallest absolute Gasteiger partial charge is 0.229 e. The summed E-state index contributed by atoms with van der Waals surface area (Å²) in [6, 6.07) is 11.2. The fourth-order valence-electron chi connectivity index (χ4n) is 3.38. The van der Waals surface area contributed by atoms with Gasteiger partial charge in [-0.3, -0.25) is 24.4 Å². The highest BCUT2D eigenvalue weighted by Gasteiger charge is 2.37. The minimum Gasteiger partial charge on any atom is -0.326 e. The average Bonchev–Trinajstić information content (AvgIpc) is 3.27. The molecule has 29 heavy (non-hydrogen) atoms. The topological polar surface area (TPSA) is 107 Å². The molecule has 1 atom stereocenters. The van der Waals surface area contributed by atoms with E-state index in [1.807, 2.05) is 0 Å². The molecule has 0 unspecified atom stereocenters. The summed E-state index contributed by atoms with van der Waals surface area (Å²) < 4.78 is 14.2. The molecule has 1 fully saturated rings. The molecule has 2 heterocycles. The molecule has 1 saturated heterocycles.